The van der Waals surface area contributed by atoms with Gasteiger partial charge < -0.3 is 9.47 Å². The molecule has 2 rings (SSSR count). The SMILES string of the molecule is CCc1c(OCCCCl)ccc2cc(OC(C)C)ccc12. The Morgan fingerprint density at radius 1 is 1.14 bits per heavy atom. The number of aryl methyl sites for hydroxylation is 1. The molecule has 0 aliphatic rings. The summed E-state index contributed by atoms with van der Waals surface area (Å²) in [4.78, 5) is 0. The standard InChI is InChI=1S/C18H23ClO2/c1-4-16-17-8-7-15(21-13(2)3)12-14(17)6-9-18(16)20-11-5-10-19/h6-9,12-13H,4-5,10-11H2,1-3H3. The Balaban J connectivity index is 2.33. The summed E-state index contributed by atoms with van der Waals surface area (Å²) < 4.78 is 11.6. The molecule has 114 valence electrons. The van der Waals surface area contributed by atoms with E-state index in [9.17, 15) is 0 Å². The lowest BCUT2D eigenvalue weighted by atomic mass is 10.0. The van der Waals surface area contributed by atoms with E-state index in [1.807, 2.05) is 19.9 Å². The van der Waals surface area contributed by atoms with Crippen LogP contribution in [-0.2, 0) is 6.42 Å². The lowest BCUT2D eigenvalue weighted by molar-refractivity contribution is 0.243. The molecule has 0 aromatic heterocycles. The van der Waals surface area contributed by atoms with Gasteiger partial charge in [0.1, 0.15) is 11.5 Å². The number of hydrogen-bond donors (Lipinski definition) is 0. The summed E-state index contributed by atoms with van der Waals surface area (Å²) in [5.74, 6) is 2.51. The molecule has 0 bridgehead atoms. The first-order valence-electron chi connectivity index (χ1n) is 7.56. The van der Waals surface area contributed by atoms with E-state index >= 15 is 0 Å². The Morgan fingerprint density at radius 3 is 2.62 bits per heavy atom. The van der Waals surface area contributed by atoms with Crippen molar-refractivity contribution in [2.75, 3.05) is 12.5 Å². The molecule has 2 aromatic carbocycles. The van der Waals surface area contributed by atoms with Crippen LogP contribution < -0.4 is 9.47 Å². The summed E-state index contributed by atoms with van der Waals surface area (Å²) in [6.45, 7) is 6.89. The maximum absolute atomic E-state index is 5.86. The summed E-state index contributed by atoms with van der Waals surface area (Å²) in [5.41, 5.74) is 1.25. The predicted octanol–water partition coefficient (Wildman–Crippen LogP) is 5.20. The van der Waals surface area contributed by atoms with E-state index < -0.39 is 0 Å². The Bertz CT molecular complexity index is 593. The van der Waals surface area contributed by atoms with E-state index in [-0.39, 0.29) is 6.10 Å². The summed E-state index contributed by atoms with van der Waals surface area (Å²) in [6, 6.07) is 10.4. The fourth-order valence-corrected chi connectivity index (χ4v) is 2.54. The molecule has 2 nitrogen and oxygen atoms in total. The van der Waals surface area contributed by atoms with Gasteiger partial charge in [-0.05, 0) is 55.7 Å². The maximum atomic E-state index is 5.86. The third-order valence-corrected chi connectivity index (χ3v) is 3.59. The zero-order valence-electron chi connectivity index (χ0n) is 13.0. The van der Waals surface area contributed by atoms with Crippen LogP contribution in [-0.4, -0.2) is 18.6 Å². The molecule has 0 unspecified atom stereocenters. The quantitative estimate of drug-likeness (QED) is 0.517. The molecule has 0 saturated carbocycles. The van der Waals surface area contributed by atoms with E-state index in [4.69, 9.17) is 21.1 Å². The van der Waals surface area contributed by atoms with Crippen molar-refractivity contribution in [3.8, 4) is 11.5 Å². The Morgan fingerprint density at radius 2 is 1.95 bits per heavy atom. The van der Waals surface area contributed by atoms with Gasteiger partial charge in [0.15, 0.2) is 0 Å². The fraction of sp³-hybridized carbons (Fsp3) is 0.444. The number of benzene rings is 2. The highest BCUT2D eigenvalue weighted by Crippen LogP contribution is 2.31. The molecule has 0 radical (unpaired) electrons. The maximum Gasteiger partial charge on any atom is 0.123 e. The molecule has 0 amide bonds. The summed E-state index contributed by atoms with van der Waals surface area (Å²) in [6.07, 6.45) is 1.99. The van der Waals surface area contributed by atoms with Crippen molar-refractivity contribution < 1.29 is 9.47 Å². The molecule has 0 atom stereocenters. The van der Waals surface area contributed by atoms with Crippen molar-refractivity contribution >= 4 is 22.4 Å². The van der Waals surface area contributed by atoms with Crippen molar-refractivity contribution in [1.29, 1.82) is 0 Å². The minimum Gasteiger partial charge on any atom is -0.493 e. The third-order valence-electron chi connectivity index (χ3n) is 3.32. The van der Waals surface area contributed by atoms with Crippen molar-refractivity contribution in [2.24, 2.45) is 0 Å². The van der Waals surface area contributed by atoms with Crippen LogP contribution in [0.25, 0.3) is 10.8 Å². The Hall–Kier alpha value is -1.41. The second-order valence-electron chi connectivity index (χ2n) is 5.34. The molecule has 0 fully saturated rings. The highest BCUT2D eigenvalue weighted by Gasteiger charge is 2.09. The first-order chi connectivity index (χ1) is 10.2. The normalized spacial score (nSPS) is 11.1. The van der Waals surface area contributed by atoms with Gasteiger partial charge in [0, 0.05) is 11.4 Å². The number of rotatable bonds is 7. The Labute approximate surface area is 132 Å². The molecular formula is C18H23ClO2. The molecule has 0 saturated heterocycles. The molecule has 0 N–H and O–H groups in total. The average Bonchev–Trinajstić information content (AvgIpc) is 2.46. The van der Waals surface area contributed by atoms with Crippen LogP contribution >= 0.6 is 11.6 Å². The zero-order valence-corrected chi connectivity index (χ0v) is 13.7. The molecule has 21 heavy (non-hydrogen) atoms. The van der Waals surface area contributed by atoms with Gasteiger partial charge in [-0.3, -0.25) is 0 Å². The van der Waals surface area contributed by atoms with E-state index in [0.717, 1.165) is 24.3 Å². The highest BCUT2D eigenvalue weighted by atomic mass is 35.5. The van der Waals surface area contributed by atoms with E-state index in [1.54, 1.807) is 0 Å². The van der Waals surface area contributed by atoms with Gasteiger partial charge in [-0.15, -0.1) is 11.6 Å². The summed E-state index contributed by atoms with van der Waals surface area (Å²) in [7, 11) is 0. The number of alkyl halides is 1. The molecule has 2 aromatic rings. The van der Waals surface area contributed by atoms with Gasteiger partial charge in [0.2, 0.25) is 0 Å². The lowest BCUT2D eigenvalue weighted by Crippen LogP contribution is -2.05. The predicted molar refractivity (Wildman–Crippen MR) is 89.9 cm³/mol. The van der Waals surface area contributed by atoms with Crippen molar-refractivity contribution in [3.05, 3.63) is 35.9 Å². The average molecular weight is 307 g/mol. The minimum atomic E-state index is 0.186. The number of hydrogen-bond acceptors (Lipinski definition) is 2. The molecule has 0 aliphatic carbocycles. The molecular weight excluding hydrogens is 284 g/mol. The van der Waals surface area contributed by atoms with E-state index in [2.05, 4.69) is 31.2 Å². The van der Waals surface area contributed by atoms with Gasteiger partial charge in [-0.25, -0.2) is 0 Å². The lowest BCUT2D eigenvalue weighted by Gasteiger charge is -2.15. The summed E-state index contributed by atoms with van der Waals surface area (Å²) in [5, 5.41) is 2.42. The van der Waals surface area contributed by atoms with Gasteiger partial charge in [0.05, 0.1) is 12.7 Å². The molecule has 3 heteroatoms. The molecule has 0 spiro atoms. The molecule has 0 aliphatic heterocycles. The van der Waals surface area contributed by atoms with Gasteiger partial charge in [-0.1, -0.05) is 19.1 Å². The van der Waals surface area contributed by atoms with Crippen LogP contribution in [0.1, 0.15) is 32.8 Å². The van der Waals surface area contributed by atoms with Crippen LogP contribution in [0.2, 0.25) is 0 Å². The Kier molecular flexibility index (Phi) is 5.75. The third kappa shape index (κ3) is 4.04. The van der Waals surface area contributed by atoms with Crippen molar-refractivity contribution in [3.63, 3.8) is 0 Å². The second kappa shape index (κ2) is 7.56. The van der Waals surface area contributed by atoms with E-state index in [0.29, 0.717) is 12.5 Å². The number of fused-ring (bicyclic) bond motifs is 1. The van der Waals surface area contributed by atoms with Gasteiger partial charge >= 0.3 is 0 Å². The smallest absolute Gasteiger partial charge is 0.123 e. The largest absolute Gasteiger partial charge is 0.493 e. The van der Waals surface area contributed by atoms with Crippen LogP contribution in [0.15, 0.2) is 30.3 Å². The van der Waals surface area contributed by atoms with Crippen molar-refractivity contribution in [2.45, 2.75) is 39.7 Å². The first kappa shape index (κ1) is 16.0. The van der Waals surface area contributed by atoms with Crippen LogP contribution in [0.5, 0.6) is 11.5 Å². The topological polar surface area (TPSA) is 18.5 Å². The zero-order chi connectivity index (χ0) is 15.2. The first-order valence-corrected chi connectivity index (χ1v) is 8.10. The van der Waals surface area contributed by atoms with Gasteiger partial charge in [-0.2, -0.15) is 0 Å². The molecule has 0 heterocycles. The van der Waals surface area contributed by atoms with E-state index in [1.165, 1.54) is 16.3 Å². The highest BCUT2D eigenvalue weighted by molar-refractivity contribution is 6.17. The fourth-order valence-electron chi connectivity index (χ4n) is 2.43. The van der Waals surface area contributed by atoms with Gasteiger partial charge in [0.25, 0.3) is 0 Å². The van der Waals surface area contributed by atoms with Crippen LogP contribution in [0, 0.1) is 0 Å². The monoisotopic (exact) mass is 306 g/mol. The van der Waals surface area contributed by atoms with Crippen LogP contribution in [0.3, 0.4) is 0 Å². The minimum absolute atomic E-state index is 0.186. The summed E-state index contributed by atoms with van der Waals surface area (Å²) >= 11 is 5.70. The van der Waals surface area contributed by atoms with Crippen LogP contribution in [0.4, 0.5) is 0 Å². The number of halogens is 1. The second-order valence-corrected chi connectivity index (χ2v) is 5.71. The number of ether oxygens (including phenoxy) is 2. The van der Waals surface area contributed by atoms with Crippen molar-refractivity contribution in [1.82, 2.24) is 0 Å².